The Bertz CT molecular complexity index is 1130. The van der Waals surface area contributed by atoms with Gasteiger partial charge in [-0.2, -0.15) is 0 Å². The van der Waals surface area contributed by atoms with Crippen molar-refractivity contribution < 1.29 is 19.1 Å². The lowest BCUT2D eigenvalue weighted by atomic mass is 10.1. The van der Waals surface area contributed by atoms with Crippen molar-refractivity contribution in [2.24, 2.45) is 0 Å². The maximum absolute atomic E-state index is 12.7. The van der Waals surface area contributed by atoms with Crippen molar-refractivity contribution in [3.05, 3.63) is 66.4 Å². The Balaban J connectivity index is 1.65. The van der Waals surface area contributed by atoms with Crippen LogP contribution in [0.4, 0.5) is 5.69 Å². The molecule has 2 N–H and O–H groups in total. The number of carbonyl (C=O) groups excluding carboxylic acids is 3. The number of hydrogen-bond donors (Lipinski definition) is 2. The van der Waals surface area contributed by atoms with Crippen molar-refractivity contribution >= 4 is 46.1 Å². The Labute approximate surface area is 190 Å². The number of anilines is 1. The Morgan fingerprint density at radius 3 is 2.56 bits per heavy atom. The molecule has 1 aromatic heterocycles. The van der Waals surface area contributed by atoms with Crippen LogP contribution in [0, 0.1) is 0 Å². The molecule has 0 radical (unpaired) electrons. The van der Waals surface area contributed by atoms with Crippen LogP contribution in [-0.4, -0.2) is 40.7 Å². The van der Waals surface area contributed by atoms with Gasteiger partial charge in [-0.05, 0) is 57.2 Å². The summed E-state index contributed by atoms with van der Waals surface area (Å²) in [5.41, 5.74) is 1.65. The molecule has 3 aromatic rings. The summed E-state index contributed by atoms with van der Waals surface area (Å²) < 4.78 is 5.41. The summed E-state index contributed by atoms with van der Waals surface area (Å²) in [5.74, 6) is -1.02. The van der Waals surface area contributed by atoms with E-state index in [9.17, 15) is 14.4 Å². The molecular formula is C24H25N3O4S. The fraction of sp³-hybridized carbons (Fsp3) is 0.250. The van der Waals surface area contributed by atoms with Crippen molar-refractivity contribution in [1.29, 1.82) is 0 Å². The highest BCUT2D eigenvalue weighted by Gasteiger charge is 2.22. The van der Waals surface area contributed by atoms with Crippen molar-refractivity contribution in [2.45, 2.75) is 37.8 Å². The van der Waals surface area contributed by atoms with Gasteiger partial charge in [-0.3, -0.25) is 14.6 Å². The molecule has 0 aliphatic carbocycles. The maximum Gasteiger partial charge on any atom is 0.340 e. The van der Waals surface area contributed by atoms with Crippen LogP contribution in [0.1, 0.15) is 31.1 Å². The zero-order chi connectivity index (χ0) is 23.1. The van der Waals surface area contributed by atoms with Crippen LogP contribution in [0.2, 0.25) is 0 Å². The summed E-state index contributed by atoms with van der Waals surface area (Å²) in [6.45, 7) is 5.28. The maximum atomic E-state index is 12.7. The van der Waals surface area contributed by atoms with E-state index in [1.807, 2.05) is 26.0 Å². The molecular weight excluding hydrogens is 426 g/mol. The SMILES string of the molecule is CC(C)NC(=O)CSc1ccccc1C(=O)OC(C)C(=O)Nc1cccc2ncccc12. The molecule has 166 valence electrons. The fourth-order valence-electron chi connectivity index (χ4n) is 2.99. The van der Waals surface area contributed by atoms with Gasteiger partial charge in [0.1, 0.15) is 0 Å². The van der Waals surface area contributed by atoms with Crippen LogP contribution >= 0.6 is 11.8 Å². The monoisotopic (exact) mass is 451 g/mol. The topological polar surface area (TPSA) is 97.4 Å². The first-order chi connectivity index (χ1) is 15.3. The Hall–Kier alpha value is -3.39. The summed E-state index contributed by atoms with van der Waals surface area (Å²) in [4.78, 5) is 42.2. The van der Waals surface area contributed by atoms with Gasteiger partial charge in [0.25, 0.3) is 5.91 Å². The summed E-state index contributed by atoms with van der Waals surface area (Å²) in [5, 5.41) is 6.41. The van der Waals surface area contributed by atoms with E-state index < -0.39 is 18.0 Å². The second-order valence-corrected chi connectivity index (χ2v) is 8.44. The number of esters is 1. The van der Waals surface area contributed by atoms with E-state index in [0.717, 1.165) is 10.9 Å². The van der Waals surface area contributed by atoms with E-state index in [4.69, 9.17) is 4.74 Å². The molecule has 0 spiro atoms. The van der Waals surface area contributed by atoms with Crippen LogP contribution in [0.5, 0.6) is 0 Å². The first-order valence-electron chi connectivity index (χ1n) is 10.2. The smallest absolute Gasteiger partial charge is 0.340 e. The highest BCUT2D eigenvalue weighted by Crippen LogP contribution is 2.24. The normalized spacial score (nSPS) is 11.8. The lowest BCUT2D eigenvalue weighted by molar-refractivity contribution is -0.123. The molecule has 0 saturated carbocycles. The highest BCUT2D eigenvalue weighted by atomic mass is 32.2. The second-order valence-electron chi connectivity index (χ2n) is 7.42. The van der Waals surface area contributed by atoms with Gasteiger partial charge in [-0.25, -0.2) is 4.79 Å². The summed E-state index contributed by atoms with van der Waals surface area (Å²) >= 11 is 1.24. The molecule has 7 nitrogen and oxygen atoms in total. The van der Waals surface area contributed by atoms with Crippen LogP contribution in [-0.2, 0) is 14.3 Å². The predicted molar refractivity (Wildman–Crippen MR) is 126 cm³/mol. The van der Waals surface area contributed by atoms with Gasteiger partial charge in [-0.1, -0.05) is 18.2 Å². The third kappa shape index (κ3) is 6.07. The number of aromatic nitrogens is 1. The molecule has 0 fully saturated rings. The number of thioether (sulfide) groups is 1. The zero-order valence-corrected chi connectivity index (χ0v) is 18.9. The minimum Gasteiger partial charge on any atom is -0.449 e. The standard InChI is InChI=1S/C24H25N3O4S/c1-15(2)26-22(28)14-32-21-12-5-4-8-18(21)24(30)31-16(3)23(29)27-20-11-6-10-19-17(20)9-7-13-25-19/h4-13,15-16H,14H2,1-3H3,(H,26,28)(H,27,29). The lowest BCUT2D eigenvalue weighted by Gasteiger charge is -2.16. The van der Waals surface area contributed by atoms with Gasteiger partial charge in [-0.15, -0.1) is 11.8 Å². The summed E-state index contributed by atoms with van der Waals surface area (Å²) in [7, 11) is 0. The number of amides is 2. The molecule has 1 heterocycles. The largest absolute Gasteiger partial charge is 0.449 e. The summed E-state index contributed by atoms with van der Waals surface area (Å²) in [6.07, 6.45) is 0.664. The van der Waals surface area contributed by atoms with Crippen LogP contribution in [0.15, 0.2) is 65.7 Å². The van der Waals surface area contributed by atoms with E-state index in [-0.39, 0.29) is 17.7 Å². The number of fused-ring (bicyclic) bond motifs is 1. The molecule has 1 unspecified atom stereocenters. The van der Waals surface area contributed by atoms with Gasteiger partial charge in [0, 0.05) is 22.5 Å². The number of rotatable bonds is 8. The van der Waals surface area contributed by atoms with Gasteiger partial charge in [0.15, 0.2) is 6.10 Å². The van der Waals surface area contributed by atoms with Gasteiger partial charge in [0.2, 0.25) is 5.91 Å². The molecule has 8 heteroatoms. The Morgan fingerprint density at radius 1 is 1.00 bits per heavy atom. The van der Waals surface area contributed by atoms with E-state index in [1.54, 1.807) is 48.7 Å². The molecule has 0 bridgehead atoms. The number of nitrogens with one attached hydrogen (secondary N) is 2. The lowest BCUT2D eigenvalue weighted by Crippen LogP contribution is -2.31. The molecule has 0 aliphatic rings. The van der Waals surface area contributed by atoms with Crippen LogP contribution in [0.3, 0.4) is 0 Å². The van der Waals surface area contributed by atoms with Crippen molar-refractivity contribution in [3.8, 4) is 0 Å². The van der Waals surface area contributed by atoms with Gasteiger partial charge >= 0.3 is 5.97 Å². The molecule has 0 aliphatic heterocycles. The van der Waals surface area contributed by atoms with Crippen LogP contribution in [0.25, 0.3) is 10.9 Å². The number of pyridine rings is 1. The first-order valence-corrected chi connectivity index (χ1v) is 11.2. The Kier molecular flexibility index (Phi) is 7.83. The molecule has 32 heavy (non-hydrogen) atoms. The number of nitrogens with zero attached hydrogens (tertiary/aromatic N) is 1. The van der Waals surface area contributed by atoms with E-state index in [1.165, 1.54) is 18.7 Å². The second kappa shape index (κ2) is 10.8. The van der Waals surface area contributed by atoms with Crippen LogP contribution < -0.4 is 10.6 Å². The van der Waals surface area contributed by atoms with Gasteiger partial charge < -0.3 is 15.4 Å². The molecule has 2 amide bonds. The van der Waals surface area contributed by atoms with E-state index >= 15 is 0 Å². The minimum absolute atomic E-state index is 0.0418. The minimum atomic E-state index is -1.02. The quantitative estimate of drug-likeness (QED) is 0.396. The number of carbonyl (C=O) groups is 3. The van der Waals surface area contributed by atoms with Crippen molar-refractivity contribution in [3.63, 3.8) is 0 Å². The number of hydrogen-bond acceptors (Lipinski definition) is 6. The molecule has 1 atom stereocenters. The Morgan fingerprint density at radius 2 is 1.78 bits per heavy atom. The zero-order valence-electron chi connectivity index (χ0n) is 18.1. The third-order valence-electron chi connectivity index (χ3n) is 4.47. The average molecular weight is 452 g/mol. The van der Waals surface area contributed by atoms with Crippen molar-refractivity contribution in [2.75, 3.05) is 11.1 Å². The number of benzene rings is 2. The first kappa shape index (κ1) is 23.3. The fourth-order valence-corrected chi connectivity index (χ4v) is 3.84. The predicted octanol–water partition coefficient (Wildman–Crippen LogP) is 4.04. The third-order valence-corrected chi connectivity index (χ3v) is 5.55. The molecule has 3 rings (SSSR count). The average Bonchev–Trinajstić information content (AvgIpc) is 2.77. The summed E-state index contributed by atoms with van der Waals surface area (Å²) in [6, 6.07) is 16.0. The van der Waals surface area contributed by atoms with E-state index in [2.05, 4.69) is 15.6 Å². The molecule has 2 aromatic carbocycles. The highest BCUT2D eigenvalue weighted by molar-refractivity contribution is 8.00. The van der Waals surface area contributed by atoms with E-state index in [0.29, 0.717) is 16.1 Å². The molecule has 0 saturated heterocycles. The van der Waals surface area contributed by atoms with Crippen molar-refractivity contribution in [1.82, 2.24) is 10.3 Å². The number of ether oxygens (including phenoxy) is 1. The van der Waals surface area contributed by atoms with Gasteiger partial charge in [0.05, 0.1) is 22.5 Å².